The van der Waals surface area contributed by atoms with Crippen LogP contribution in [0.4, 0.5) is 19.0 Å². The van der Waals surface area contributed by atoms with Crippen LogP contribution in [0.15, 0.2) is 17.4 Å². The van der Waals surface area contributed by atoms with E-state index < -0.39 is 11.7 Å². The largest absolute Gasteiger partial charge is 0.417 e. The molecule has 0 bridgehead atoms. The Morgan fingerprint density at radius 3 is 2.65 bits per heavy atom. The molecule has 2 aromatic heterocycles. The molecule has 4 nitrogen and oxygen atoms in total. The Morgan fingerprint density at radius 1 is 1.47 bits per heavy atom. The number of pyridine rings is 1. The topological polar surface area (TPSA) is 46.7 Å². The highest BCUT2D eigenvalue weighted by atomic mass is 35.5. The lowest BCUT2D eigenvalue weighted by Crippen LogP contribution is -2.06. The third-order valence-corrected chi connectivity index (χ3v) is 2.51. The SMILES string of the molecule is Cc1nc2c(Cl)cc(C(F)(F)F)cn2c1N=O. The minimum absolute atomic E-state index is 0.0757. The maximum atomic E-state index is 12.5. The van der Waals surface area contributed by atoms with Crippen LogP contribution in [0, 0.1) is 11.8 Å². The van der Waals surface area contributed by atoms with Crippen molar-refractivity contribution in [3.63, 3.8) is 0 Å². The molecule has 0 aliphatic heterocycles. The van der Waals surface area contributed by atoms with Crippen LogP contribution < -0.4 is 0 Å². The molecule has 0 radical (unpaired) electrons. The molecule has 2 rings (SSSR count). The second-order valence-electron chi connectivity index (χ2n) is 3.38. The molecule has 0 atom stereocenters. The normalized spacial score (nSPS) is 12.1. The smallest absolute Gasteiger partial charge is 0.280 e. The van der Waals surface area contributed by atoms with Gasteiger partial charge in [-0.1, -0.05) is 11.6 Å². The number of nitroso groups, excluding NO2 is 1. The zero-order chi connectivity index (χ0) is 12.8. The number of fused-ring (bicyclic) bond motifs is 1. The molecular weight excluding hydrogens is 259 g/mol. The monoisotopic (exact) mass is 263 g/mol. The summed E-state index contributed by atoms with van der Waals surface area (Å²) in [6.07, 6.45) is -3.80. The highest BCUT2D eigenvalue weighted by Gasteiger charge is 2.32. The molecule has 17 heavy (non-hydrogen) atoms. The first kappa shape index (κ1) is 11.8. The fraction of sp³-hybridized carbons (Fsp3) is 0.222. The zero-order valence-corrected chi connectivity index (χ0v) is 9.17. The van der Waals surface area contributed by atoms with Crippen LogP contribution in [0.1, 0.15) is 11.3 Å². The van der Waals surface area contributed by atoms with Crippen LogP contribution in [-0.4, -0.2) is 9.38 Å². The van der Waals surface area contributed by atoms with Gasteiger partial charge in [0, 0.05) is 6.20 Å². The highest BCUT2D eigenvalue weighted by Crippen LogP contribution is 2.34. The van der Waals surface area contributed by atoms with Crippen LogP contribution in [0.25, 0.3) is 5.65 Å². The molecule has 0 saturated carbocycles. The second kappa shape index (κ2) is 3.69. The van der Waals surface area contributed by atoms with Gasteiger partial charge in [0.15, 0.2) is 5.65 Å². The van der Waals surface area contributed by atoms with Crippen molar-refractivity contribution in [1.82, 2.24) is 9.38 Å². The molecule has 0 unspecified atom stereocenters. The number of rotatable bonds is 1. The molecular formula is C9H5ClF3N3O. The lowest BCUT2D eigenvalue weighted by atomic mass is 10.3. The van der Waals surface area contributed by atoms with Gasteiger partial charge in [0.25, 0.3) is 0 Å². The van der Waals surface area contributed by atoms with Gasteiger partial charge in [-0.05, 0) is 18.2 Å². The first-order valence-corrected chi connectivity index (χ1v) is 4.81. The van der Waals surface area contributed by atoms with E-state index in [1.54, 1.807) is 0 Å². The van der Waals surface area contributed by atoms with Gasteiger partial charge in [0.1, 0.15) is 0 Å². The van der Waals surface area contributed by atoms with Crippen molar-refractivity contribution in [3.05, 3.63) is 33.5 Å². The second-order valence-corrected chi connectivity index (χ2v) is 3.79. The predicted molar refractivity (Wildman–Crippen MR) is 55.4 cm³/mol. The lowest BCUT2D eigenvalue weighted by Gasteiger charge is -2.08. The van der Waals surface area contributed by atoms with E-state index in [4.69, 9.17) is 11.6 Å². The van der Waals surface area contributed by atoms with Crippen LogP contribution in [0.2, 0.25) is 5.02 Å². The van der Waals surface area contributed by atoms with Crippen molar-refractivity contribution in [2.24, 2.45) is 5.18 Å². The minimum atomic E-state index is -4.55. The lowest BCUT2D eigenvalue weighted by molar-refractivity contribution is -0.137. The van der Waals surface area contributed by atoms with E-state index in [9.17, 15) is 18.1 Å². The number of aryl methyl sites for hydroxylation is 1. The number of imidazole rings is 1. The quantitative estimate of drug-likeness (QED) is 0.736. The Morgan fingerprint density at radius 2 is 2.12 bits per heavy atom. The van der Waals surface area contributed by atoms with Gasteiger partial charge in [-0.2, -0.15) is 13.2 Å². The van der Waals surface area contributed by atoms with Crippen molar-refractivity contribution < 1.29 is 13.2 Å². The standard InChI is InChI=1S/C9H5ClF3N3O/c1-4-7(15-17)16-3-5(9(11,12)13)2-6(10)8(16)14-4/h2-3H,1H3. The molecule has 2 heterocycles. The number of halogens is 4. The van der Waals surface area contributed by atoms with E-state index in [0.717, 1.165) is 16.7 Å². The van der Waals surface area contributed by atoms with Crippen LogP contribution >= 0.6 is 11.6 Å². The summed E-state index contributed by atoms with van der Waals surface area (Å²) in [6, 6.07) is 0.762. The van der Waals surface area contributed by atoms with Crippen molar-refractivity contribution in [1.29, 1.82) is 0 Å². The van der Waals surface area contributed by atoms with Gasteiger partial charge < -0.3 is 0 Å². The van der Waals surface area contributed by atoms with E-state index in [1.807, 2.05) is 0 Å². The minimum Gasteiger partial charge on any atom is -0.280 e. The van der Waals surface area contributed by atoms with E-state index in [-0.39, 0.29) is 22.2 Å². The number of hydrogen-bond donors (Lipinski definition) is 0. The van der Waals surface area contributed by atoms with Crippen LogP contribution in [0.3, 0.4) is 0 Å². The Bertz CT molecular complexity index is 606. The Labute approximate surface area is 98.0 Å². The van der Waals surface area contributed by atoms with E-state index in [0.29, 0.717) is 0 Å². The molecule has 90 valence electrons. The summed E-state index contributed by atoms with van der Waals surface area (Å²) in [4.78, 5) is 14.4. The van der Waals surface area contributed by atoms with Gasteiger partial charge in [-0.3, -0.25) is 4.40 Å². The average molecular weight is 264 g/mol. The number of aromatic nitrogens is 2. The number of hydrogen-bond acceptors (Lipinski definition) is 3. The summed E-state index contributed by atoms with van der Waals surface area (Å²) in [5.74, 6) is -0.187. The number of nitrogens with zero attached hydrogens (tertiary/aromatic N) is 3. The van der Waals surface area contributed by atoms with Gasteiger partial charge in [-0.25, -0.2) is 4.98 Å². The molecule has 0 spiro atoms. The molecule has 0 aromatic carbocycles. The fourth-order valence-corrected chi connectivity index (χ4v) is 1.72. The van der Waals surface area contributed by atoms with Gasteiger partial charge >= 0.3 is 6.18 Å². The first-order chi connectivity index (χ1) is 7.84. The van der Waals surface area contributed by atoms with Crippen LogP contribution in [0.5, 0.6) is 0 Å². The molecule has 0 fully saturated rings. The third kappa shape index (κ3) is 1.86. The molecule has 0 amide bonds. The van der Waals surface area contributed by atoms with Crippen molar-refractivity contribution in [2.45, 2.75) is 13.1 Å². The molecule has 0 N–H and O–H groups in total. The molecule has 0 aliphatic rings. The summed E-state index contributed by atoms with van der Waals surface area (Å²) in [6.45, 7) is 1.47. The fourth-order valence-electron chi connectivity index (χ4n) is 1.47. The molecule has 0 aliphatic carbocycles. The first-order valence-electron chi connectivity index (χ1n) is 4.43. The Hall–Kier alpha value is -1.63. The summed E-state index contributed by atoms with van der Waals surface area (Å²) < 4.78 is 38.5. The summed E-state index contributed by atoms with van der Waals surface area (Å²) in [5, 5.41) is 2.46. The Balaban J connectivity index is 2.84. The molecule has 0 saturated heterocycles. The summed E-state index contributed by atoms with van der Waals surface area (Å²) in [7, 11) is 0. The van der Waals surface area contributed by atoms with E-state index in [2.05, 4.69) is 10.2 Å². The maximum absolute atomic E-state index is 12.5. The van der Waals surface area contributed by atoms with Gasteiger partial charge in [-0.15, -0.1) is 4.91 Å². The zero-order valence-electron chi connectivity index (χ0n) is 8.42. The summed E-state index contributed by atoms with van der Waals surface area (Å²) >= 11 is 5.68. The molecule has 2 aromatic rings. The van der Waals surface area contributed by atoms with E-state index in [1.165, 1.54) is 6.92 Å². The van der Waals surface area contributed by atoms with E-state index >= 15 is 0 Å². The maximum Gasteiger partial charge on any atom is 0.417 e. The highest BCUT2D eigenvalue weighted by molar-refractivity contribution is 6.33. The van der Waals surface area contributed by atoms with Gasteiger partial charge in [0.2, 0.25) is 5.82 Å². The van der Waals surface area contributed by atoms with Crippen molar-refractivity contribution in [2.75, 3.05) is 0 Å². The summed E-state index contributed by atoms with van der Waals surface area (Å²) in [5.41, 5.74) is -0.662. The van der Waals surface area contributed by atoms with Crippen molar-refractivity contribution in [3.8, 4) is 0 Å². The van der Waals surface area contributed by atoms with Crippen LogP contribution in [-0.2, 0) is 6.18 Å². The van der Waals surface area contributed by atoms with Crippen molar-refractivity contribution >= 4 is 23.1 Å². The predicted octanol–water partition coefficient (Wildman–Crippen LogP) is 3.71. The Kier molecular flexibility index (Phi) is 2.57. The molecule has 8 heteroatoms. The third-order valence-electron chi connectivity index (χ3n) is 2.23. The van der Waals surface area contributed by atoms with Gasteiger partial charge in [0.05, 0.1) is 16.3 Å². The average Bonchev–Trinajstić information content (AvgIpc) is 2.53. The number of alkyl halides is 3.